The number of aromatic nitrogens is 1. The molecule has 0 amide bonds. The van der Waals surface area contributed by atoms with E-state index in [1.807, 2.05) is 62.4 Å². The van der Waals surface area contributed by atoms with E-state index in [1.54, 1.807) is 0 Å². The third-order valence-electron chi connectivity index (χ3n) is 3.86. The van der Waals surface area contributed by atoms with Gasteiger partial charge in [-0.2, -0.15) is 0 Å². The van der Waals surface area contributed by atoms with Crippen molar-refractivity contribution in [2.45, 2.75) is 32.9 Å². The van der Waals surface area contributed by atoms with Crippen molar-refractivity contribution in [2.75, 3.05) is 6.61 Å². The molecule has 3 heteroatoms. The van der Waals surface area contributed by atoms with Crippen LogP contribution in [0.15, 0.2) is 53.3 Å². The number of ether oxygens (including phenoxy) is 1. The lowest BCUT2D eigenvalue weighted by Gasteiger charge is -2.15. The Bertz CT molecular complexity index is 789. The van der Waals surface area contributed by atoms with Gasteiger partial charge in [0.1, 0.15) is 0 Å². The Morgan fingerprint density at radius 1 is 0.955 bits per heavy atom. The number of pyridine rings is 1. The molecule has 0 saturated carbocycles. The lowest BCUT2D eigenvalue weighted by Crippen LogP contribution is -2.13. The first-order valence-corrected chi connectivity index (χ1v) is 7.80. The highest BCUT2D eigenvalue weighted by atomic mass is 16.5. The Hall–Kier alpha value is -2.13. The first kappa shape index (κ1) is 14.8. The molecule has 2 aromatic carbocycles. The summed E-state index contributed by atoms with van der Waals surface area (Å²) in [5, 5.41) is 1.57. The zero-order valence-corrected chi connectivity index (χ0v) is 13.1. The molecule has 0 fully saturated rings. The summed E-state index contributed by atoms with van der Waals surface area (Å²) in [4.78, 5) is 12.6. The standard InChI is InChI=1S/C19H21NO2/c1-14(2)22-13-7-12-20-17-10-5-3-8-15(17)19(21)16-9-4-6-11-18(16)20/h3-6,8-11,14H,7,12-13H2,1-2H3. The summed E-state index contributed by atoms with van der Waals surface area (Å²) < 4.78 is 7.87. The normalized spacial score (nSPS) is 11.6. The molecule has 1 heterocycles. The van der Waals surface area contributed by atoms with Crippen LogP contribution in [-0.2, 0) is 11.3 Å². The highest BCUT2D eigenvalue weighted by Gasteiger charge is 2.09. The molecule has 1 aromatic heterocycles. The van der Waals surface area contributed by atoms with E-state index >= 15 is 0 Å². The van der Waals surface area contributed by atoms with Gasteiger partial charge in [0.2, 0.25) is 0 Å². The summed E-state index contributed by atoms with van der Waals surface area (Å²) in [6.45, 7) is 5.66. The summed E-state index contributed by atoms with van der Waals surface area (Å²) in [5.41, 5.74) is 2.10. The molecular formula is C19H21NO2. The molecule has 22 heavy (non-hydrogen) atoms. The second kappa shape index (κ2) is 6.32. The zero-order chi connectivity index (χ0) is 15.5. The van der Waals surface area contributed by atoms with Gasteiger partial charge in [0.15, 0.2) is 5.43 Å². The molecule has 3 nitrogen and oxygen atoms in total. The maximum Gasteiger partial charge on any atom is 0.197 e. The van der Waals surface area contributed by atoms with E-state index in [9.17, 15) is 4.79 Å². The predicted octanol–water partition coefficient (Wildman–Crippen LogP) is 3.97. The van der Waals surface area contributed by atoms with Gasteiger partial charge in [-0.15, -0.1) is 0 Å². The highest BCUT2D eigenvalue weighted by Crippen LogP contribution is 2.19. The van der Waals surface area contributed by atoms with Crippen molar-refractivity contribution in [3.63, 3.8) is 0 Å². The molecule has 0 radical (unpaired) electrons. The molecule has 0 aliphatic rings. The van der Waals surface area contributed by atoms with Gasteiger partial charge in [0.25, 0.3) is 0 Å². The molecule has 0 aliphatic heterocycles. The van der Waals surface area contributed by atoms with Crippen molar-refractivity contribution in [1.29, 1.82) is 0 Å². The second-order valence-electron chi connectivity index (χ2n) is 5.79. The second-order valence-corrected chi connectivity index (χ2v) is 5.79. The lowest BCUT2D eigenvalue weighted by molar-refractivity contribution is 0.0751. The van der Waals surface area contributed by atoms with E-state index < -0.39 is 0 Å². The Morgan fingerprint density at radius 3 is 2.05 bits per heavy atom. The van der Waals surface area contributed by atoms with Gasteiger partial charge in [-0.3, -0.25) is 4.79 Å². The van der Waals surface area contributed by atoms with E-state index in [0.717, 1.165) is 41.4 Å². The van der Waals surface area contributed by atoms with E-state index in [0.29, 0.717) is 0 Å². The molecule has 0 bridgehead atoms. The minimum atomic E-state index is 0.112. The Balaban J connectivity index is 2.09. The fourth-order valence-electron chi connectivity index (χ4n) is 2.86. The average Bonchev–Trinajstić information content (AvgIpc) is 2.54. The average molecular weight is 295 g/mol. The maximum atomic E-state index is 12.6. The van der Waals surface area contributed by atoms with Gasteiger partial charge < -0.3 is 9.30 Å². The number of rotatable bonds is 5. The van der Waals surface area contributed by atoms with Crippen molar-refractivity contribution in [1.82, 2.24) is 4.57 Å². The van der Waals surface area contributed by atoms with Crippen LogP contribution < -0.4 is 5.43 Å². The number of para-hydroxylation sites is 2. The van der Waals surface area contributed by atoms with Gasteiger partial charge in [-0.25, -0.2) is 0 Å². The lowest BCUT2D eigenvalue weighted by atomic mass is 10.1. The molecule has 114 valence electrons. The van der Waals surface area contributed by atoms with E-state index in [4.69, 9.17) is 4.74 Å². The van der Waals surface area contributed by atoms with E-state index in [2.05, 4.69) is 4.57 Å². The Kier molecular flexibility index (Phi) is 4.25. The molecule has 0 atom stereocenters. The summed E-state index contributed by atoms with van der Waals surface area (Å²) in [7, 11) is 0. The van der Waals surface area contributed by atoms with Crippen LogP contribution in [0.5, 0.6) is 0 Å². The largest absolute Gasteiger partial charge is 0.379 e. The van der Waals surface area contributed by atoms with Crippen LogP contribution in [0.2, 0.25) is 0 Å². The van der Waals surface area contributed by atoms with Crippen molar-refractivity contribution in [2.24, 2.45) is 0 Å². The van der Waals surface area contributed by atoms with Gasteiger partial charge in [0.05, 0.1) is 17.1 Å². The maximum absolute atomic E-state index is 12.6. The van der Waals surface area contributed by atoms with E-state index in [1.165, 1.54) is 0 Å². The first-order chi connectivity index (χ1) is 10.7. The zero-order valence-electron chi connectivity index (χ0n) is 13.1. The number of nitrogens with zero attached hydrogens (tertiary/aromatic N) is 1. The number of hydrogen-bond donors (Lipinski definition) is 0. The van der Waals surface area contributed by atoms with Gasteiger partial charge in [0, 0.05) is 23.9 Å². The minimum absolute atomic E-state index is 0.112. The number of hydrogen-bond acceptors (Lipinski definition) is 2. The van der Waals surface area contributed by atoms with Gasteiger partial charge in [-0.1, -0.05) is 24.3 Å². The van der Waals surface area contributed by atoms with E-state index in [-0.39, 0.29) is 11.5 Å². The molecular weight excluding hydrogens is 274 g/mol. The number of benzene rings is 2. The molecule has 0 spiro atoms. The molecule has 3 aromatic rings. The van der Waals surface area contributed by atoms with Gasteiger partial charge in [-0.05, 0) is 44.5 Å². The minimum Gasteiger partial charge on any atom is -0.379 e. The third-order valence-corrected chi connectivity index (χ3v) is 3.86. The molecule has 0 N–H and O–H groups in total. The van der Waals surface area contributed by atoms with Crippen LogP contribution >= 0.6 is 0 Å². The van der Waals surface area contributed by atoms with Gasteiger partial charge >= 0.3 is 0 Å². The smallest absolute Gasteiger partial charge is 0.197 e. The number of aryl methyl sites for hydroxylation is 1. The molecule has 0 aliphatic carbocycles. The molecule has 3 rings (SSSR count). The Labute approximate surface area is 130 Å². The van der Waals surface area contributed by atoms with Crippen LogP contribution in [0.25, 0.3) is 21.8 Å². The van der Waals surface area contributed by atoms with Crippen LogP contribution in [0.1, 0.15) is 20.3 Å². The van der Waals surface area contributed by atoms with Crippen LogP contribution in [0.3, 0.4) is 0 Å². The van der Waals surface area contributed by atoms with Crippen molar-refractivity contribution in [3.05, 3.63) is 58.8 Å². The number of fused-ring (bicyclic) bond motifs is 2. The fourth-order valence-corrected chi connectivity index (χ4v) is 2.86. The van der Waals surface area contributed by atoms with Crippen molar-refractivity contribution >= 4 is 21.8 Å². The topological polar surface area (TPSA) is 31.2 Å². The highest BCUT2D eigenvalue weighted by molar-refractivity contribution is 5.93. The third kappa shape index (κ3) is 2.77. The molecule has 0 saturated heterocycles. The monoisotopic (exact) mass is 295 g/mol. The summed E-state index contributed by atoms with van der Waals surface area (Å²) in [6, 6.07) is 15.7. The van der Waals surface area contributed by atoms with Crippen LogP contribution in [0, 0.1) is 0 Å². The summed E-state index contributed by atoms with van der Waals surface area (Å²) in [5.74, 6) is 0. The molecule has 0 unspecified atom stereocenters. The van der Waals surface area contributed by atoms with Crippen molar-refractivity contribution < 1.29 is 4.74 Å². The predicted molar refractivity (Wildman–Crippen MR) is 91.4 cm³/mol. The summed E-state index contributed by atoms with van der Waals surface area (Å²) >= 11 is 0. The quantitative estimate of drug-likeness (QED) is 0.527. The first-order valence-electron chi connectivity index (χ1n) is 7.80. The van der Waals surface area contributed by atoms with Crippen LogP contribution in [0.4, 0.5) is 0 Å². The van der Waals surface area contributed by atoms with Crippen molar-refractivity contribution in [3.8, 4) is 0 Å². The summed E-state index contributed by atoms with van der Waals surface area (Å²) in [6.07, 6.45) is 1.18. The fraction of sp³-hybridized carbons (Fsp3) is 0.316. The SMILES string of the molecule is CC(C)OCCCn1c2ccccc2c(=O)c2ccccc21. The Morgan fingerprint density at radius 2 is 1.50 bits per heavy atom. The van der Waals surface area contributed by atoms with Crippen LogP contribution in [-0.4, -0.2) is 17.3 Å².